The Hall–Kier alpha value is -1.65. The van der Waals surface area contributed by atoms with Gasteiger partial charge in [-0.25, -0.2) is 0 Å². The van der Waals surface area contributed by atoms with Crippen molar-refractivity contribution in [3.8, 4) is 5.75 Å². The third kappa shape index (κ3) is 5.77. The van der Waals surface area contributed by atoms with E-state index in [-0.39, 0.29) is 11.2 Å². The van der Waals surface area contributed by atoms with Crippen molar-refractivity contribution in [2.24, 2.45) is 0 Å². The average molecular weight is 364 g/mol. The van der Waals surface area contributed by atoms with Crippen LogP contribution in [0.3, 0.4) is 0 Å². The molecule has 0 saturated carbocycles. The molecule has 0 aliphatic rings. The van der Waals surface area contributed by atoms with Crippen LogP contribution in [0.4, 0.5) is 5.69 Å². The highest BCUT2D eigenvalue weighted by atomic mass is 35.5. The maximum Gasteiger partial charge on any atom is 0.237 e. The predicted octanol–water partition coefficient (Wildman–Crippen LogP) is 5.10. The van der Waals surface area contributed by atoms with E-state index >= 15 is 0 Å². The zero-order valence-electron chi connectivity index (χ0n) is 14.1. The third-order valence-electron chi connectivity index (χ3n) is 3.54. The highest BCUT2D eigenvalue weighted by Gasteiger charge is 2.14. The molecule has 0 heterocycles. The van der Waals surface area contributed by atoms with Crippen molar-refractivity contribution in [2.75, 3.05) is 17.7 Å². The molecule has 0 spiro atoms. The highest BCUT2D eigenvalue weighted by molar-refractivity contribution is 8.00. The number of benzene rings is 2. The Bertz CT molecular complexity index is 688. The number of halogens is 1. The van der Waals surface area contributed by atoms with E-state index in [2.05, 4.69) is 11.4 Å². The second kappa shape index (κ2) is 9.00. The fraction of sp³-hybridized carbons (Fsp3) is 0.316. The lowest BCUT2D eigenvalue weighted by Gasteiger charge is -2.14. The number of hydrogen-bond donors (Lipinski definition) is 1. The summed E-state index contributed by atoms with van der Waals surface area (Å²) < 4.78 is 5.63. The molecule has 2 aromatic carbocycles. The summed E-state index contributed by atoms with van der Waals surface area (Å²) in [6, 6.07) is 13.3. The van der Waals surface area contributed by atoms with Crippen molar-refractivity contribution in [1.29, 1.82) is 0 Å². The van der Waals surface area contributed by atoms with Crippen molar-refractivity contribution < 1.29 is 9.53 Å². The molecule has 1 atom stereocenters. The van der Waals surface area contributed by atoms with E-state index in [1.807, 2.05) is 45.0 Å². The molecule has 0 radical (unpaired) electrons. The van der Waals surface area contributed by atoms with Crippen LogP contribution < -0.4 is 10.1 Å². The number of hydrogen-bond acceptors (Lipinski definition) is 3. The molecule has 0 saturated heterocycles. The molecule has 1 amide bonds. The number of nitrogens with one attached hydrogen (secondary N) is 1. The molecule has 3 nitrogen and oxygen atoms in total. The summed E-state index contributed by atoms with van der Waals surface area (Å²) in [7, 11) is 0. The van der Waals surface area contributed by atoms with Gasteiger partial charge < -0.3 is 10.1 Å². The molecule has 0 aliphatic carbocycles. The summed E-state index contributed by atoms with van der Waals surface area (Å²) in [6.07, 6.45) is 0. The molecule has 5 heteroatoms. The van der Waals surface area contributed by atoms with E-state index in [1.165, 1.54) is 5.56 Å². The lowest BCUT2D eigenvalue weighted by Crippen LogP contribution is -2.23. The SMILES string of the molecule is Cc1ccc(NC(=O)C(C)SCCOc2ccc(Cl)cc2)c(C)c1. The maximum atomic E-state index is 12.3. The Kier molecular flexibility index (Phi) is 7.00. The van der Waals surface area contributed by atoms with Crippen LogP contribution in [0.5, 0.6) is 5.75 Å². The van der Waals surface area contributed by atoms with E-state index in [0.29, 0.717) is 11.6 Å². The van der Waals surface area contributed by atoms with Gasteiger partial charge in [0.1, 0.15) is 5.75 Å². The number of thioether (sulfide) groups is 1. The van der Waals surface area contributed by atoms with Gasteiger partial charge in [0.25, 0.3) is 0 Å². The van der Waals surface area contributed by atoms with Gasteiger partial charge in [-0.2, -0.15) is 0 Å². The Morgan fingerprint density at radius 1 is 1.21 bits per heavy atom. The summed E-state index contributed by atoms with van der Waals surface area (Å²) in [5.74, 6) is 1.54. The van der Waals surface area contributed by atoms with Gasteiger partial charge in [-0.1, -0.05) is 29.3 Å². The van der Waals surface area contributed by atoms with Gasteiger partial charge in [-0.15, -0.1) is 11.8 Å². The van der Waals surface area contributed by atoms with Crippen LogP contribution in [0.15, 0.2) is 42.5 Å². The van der Waals surface area contributed by atoms with E-state index in [1.54, 1.807) is 23.9 Å². The molecular weight excluding hydrogens is 342 g/mol. The van der Waals surface area contributed by atoms with Crippen molar-refractivity contribution in [1.82, 2.24) is 0 Å². The molecule has 2 aromatic rings. The second-order valence-corrected chi connectivity index (χ2v) is 7.51. The predicted molar refractivity (Wildman–Crippen MR) is 103 cm³/mol. The van der Waals surface area contributed by atoms with Crippen molar-refractivity contribution in [3.63, 3.8) is 0 Å². The highest BCUT2D eigenvalue weighted by Crippen LogP contribution is 2.19. The van der Waals surface area contributed by atoms with Gasteiger partial charge >= 0.3 is 0 Å². The number of anilines is 1. The van der Waals surface area contributed by atoms with Gasteiger partial charge in [-0.05, 0) is 56.7 Å². The molecule has 0 bridgehead atoms. The lowest BCUT2D eigenvalue weighted by molar-refractivity contribution is -0.115. The third-order valence-corrected chi connectivity index (χ3v) is 4.91. The summed E-state index contributed by atoms with van der Waals surface area (Å²) in [5, 5.41) is 3.54. The van der Waals surface area contributed by atoms with Gasteiger partial charge in [0.05, 0.1) is 11.9 Å². The monoisotopic (exact) mass is 363 g/mol. The second-order valence-electron chi connectivity index (χ2n) is 5.62. The first kappa shape index (κ1) is 18.7. The normalized spacial score (nSPS) is 11.8. The Labute approximate surface area is 152 Å². The van der Waals surface area contributed by atoms with Gasteiger partial charge in [0, 0.05) is 16.5 Å². The van der Waals surface area contributed by atoms with Gasteiger partial charge in [0.15, 0.2) is 0 Å². The van der Waals surface area contributed by atoms with E-state index in [4.69, 9.17) is 16.3 Å². The minimum atomic E-state index is -0.139. The number of carbonyl (C=O) groups is 1. The zero-order valence-corrected chi connectivity index (χ0v) is 15.7. The van der Waals surface area contributed by atoms with Crippen molar-refractivity contribution >= 4 is 35.0 Å². The number of aryl methyl sites for hydroxylation is 2. The molecule has 0 aliphatic heterocycles. The molecule has 1 unspecified atom stereocenters. The number of amides is 1. The van der Waals surface area contributed by atoms with Crippen molar-refractivity contribution in [3.05, 3.63) is 58.6 Å². The fourth-order valence-electron chi connectivity index (χ4n) is 2.18. The van der Waals surface area contributed by atoms with E-state index in [0.717, 1.165) is 22.8 Å². The summed E-state index contributed by atoms with van der Waals surface area (Å²) in [6.45, 7) is 6.50. The summed E-state index contributed by atoms with van der Waals surface area (Å²) in [4.78, 5) is 12.3. The van der Waals surface area contributed by atoms with Crippen LogP contribution in [0.25, 0.3) is 0 Å². The van der Waals surface area contributed by atoms with Crippen LogP contribution in [0, 0.1) is 13.8 Å². The number of rotatable bonds is 7. The minimum Gasteiger partial charge on any atom is -0.493 e. The smallest absolute Gasteiger partial charge is 0.237 e. The Morgan fingerprint density at radius 2 is 1.92 bits per heavy atom. The minimum absolute atomic E-state index is 0.0124. The van der Waals surface area contributed by atoms with Crippen LogP contribution in [-0.2, 0) is 4.79 Å². The molecule has 0 aromatic heterocycles. The molecule has 2 rings (SSSR count). The van der Waals surface area contributed by atoms with Crippen LogP contribution >= 0.6 is 23.4 Å². The Morgan fingerprint density at radius 3 is 2.58 bits per heavy atom. The molecule has 1 N–H and O–H groups in total. The van der Waals surface area contributed by atoms with E-state index < -0.39 is 0 Å². The van der Waals surface area contributed by atoms with Crippen LogP contribution in [-0.4, -0.2) is 23.5 Å². The summed E-state index contributed by atoms with van der Waals surface area (Å²) in [5.41, 5.74) is 3.13. The quantitative estimate of drug-likeness (QED) is 0.696. The van der Waals surface area contributed by atoms with Gasteiger partial charge in [0.2, 0.25) is 5.91 Å². The van der Waals surface area contributed by atoms with E-state index in [9.17, 15) is 4.79 Å². The number of ether oxygens (including phenoxy) is 1. The Balaban J connectivity index is 1.74. The van der Waals surface area contributed by atoms with Crippen LogP contribution in [0.2, 0.25) is 5.02 Å². The lowest BCUT2D eigenvalue weighted by atomic mass is 10.1. The number of carbonyl (C=O) groups excluding carboxylic acids is 1. The van der Waals surface area contributed by atoms with Crippen LogP contribution in [0.1, 0.15) is 18.1 Å². The molecule has 128 valence electrons. The first-order valence-electron chi connectivity index (χ1n) is 7.84. The largest absolute Gasteiger partial charge is 0.493 e. The first-order valence-corrected chi connectivity index (χ1v) is 9.26. The maximum absolute atomic E-state index is 12.3. The topological polar surface area (TPSA) is 38.3 Å². The molecule has 0 fully saturated rings. The fourth-order valence-corrected chi connectivity index (χ4v) is 3.05. The average Bonchev–Trinajstić information content (AvgIpc) is 2.55. The van der Waals surface area contributed by atoms with Crippen molar-refractivity contribution in [2.45, 2.75) is 26.0 Å². The zero-order chi connectivity index (χ0) is 17.5. The van der Waals surface area contributed by atoms with Gasteiger partial charge in [-0.3, -0.25) is 4.79 Å². The molecular formula is C19H22ClNO2S. The molecule has 24 heavy (non-hydrogen) atoms. The summed E-state index contributed by atoms with van der Waals surface area (Å²) >= 11 is 7.40. The first-order chi connectivity index (χ1) is 11.5. The standard InChI is InChI=1S/C19H22ClNO2S/c1-13-4-9-18(14(2)12-13)21-19(22)15(3)24-11-10-23-17-7-5-16(20)6-8-17/h4-9,12,15H,10-11H2,1-3H3,(H,21,22).